The maximum absolute atomic E-state index is 12.9. The fraction of sp³-hybridized carbons (Fsp3) is 0.105. The maximum Gasteiger partial charge on any atom is 0.277 e. The third-order valence-electron chi connectivity index (χ3n) is 3.81. The Labute approximate surface area is 157 Å². The Kier molecular flexibility index (Phi) is 4.64. The molecule has 0 spiro atoms. The number of aryl methyl sites for hydroxylation is 1. The van der Waals surface area contributed by atoms with Crippen molar-refractivity contribution in [2.45, 2.75) is 17.9 Å². The number of carbonyl (C=O) groups excluding carboxylic acids is 1. The molecular formula is C19H14FN3O3S. The highest BCUT2D eigenvalue weighted by atomic mass is 32.2. The summed E-state index contributed by atoms with van der Waals surface area (Å²) in [4.78, 5) is 20.8. The summed E-state index contributed by atoms with van der Waals surface area (Å²) in [5.41, 5.74) is 3.21. The first kappa shape index (κ1) is 17.3. The van der Waals surface area contributed by atoms with Gasteiger partial charge in [0.05, 0.1) is 5.75 Å². The summed E-state index contributed by atoms with van der Waals surface area (Å²) in [6, 6.07) is 11.2. The lowest BCUT2D eigenvalue weighted by Crippen LogP contribution is -2.12. The van der Waals surface area contributed by atoms with Gasteiger partial charge in [-0.15, -0.1) is 0 Å². The van der Waals surface area contributed by atoms with Crippen LogP contribution in [-0.4, -0.2) is 15.9 Å². The van der Waals surface area contributed by atoms with Crippen molar-refractivity contribution in [3.63, 3.8) is 0 Å². The molecule has 0 aliphatic heterocycles. The van der Waals surface area contributed by atoms with Crippen LogP contribution in [-0.2, 0) is 5.75 Å². The van der Waals surface area contributed by atoms with E-state index in [9.17, 15) is 9.18 Å². The van der Waals surface area contributed by atoms with E-state index in [4.69, 9.17) is 8.83 Å². The molecule has 136 valence electrons. The second kappa shape index (κ2) is 7.24. The number of hydrogen-bond donors (Lipinski definition) is 1. The van der Waals surface area contributed by atoms with Crippen molar-refractivity contribution >= 4 is 34.5 Å². The molecule has 1 amide bonds. The van der Waals surface area contributed by atoms with E-state index < -0.39 is 5.91 Å². The summed E-state index contributed by atoms with van der Waals surface area (Å²) in [5, 5.41) is 3.14. The quantitative estimate of drug-likeness (QED) is 0.498. The molecule has 8 heteroatoms. The number of halogens is 1. The van der Waals surface area contributed by atoms with Crippen LogP contribution in [0.25, 0.3) is 11.1 Å². The Bertz CT molecular complexity index is 1110. The van der Waals surface area contributed by atoms with E-state index in [0.717, 1.165) is 16.7 Å². The number of anilines is 1. The largest absolute Gasteiger partial charge is 0.447 e. The number of para-hydroxylation sites is 1. The van der Waals surface area contributed by atoms with Crippen molar-refractivity contribution in [2.24, 2.45) is 0 Å². The highest BCUT2D eigenvalue weighted by Crippen LogP contribution is 2.27. The van der Waals surface area contributed by atoms with Gasteiger partial charge in [0.15, 0.2) is 11.3 Å². The minimum atomic E-state index is -0.431. The van der Waals surface area contributed by atoms with Gasteiger partial charge in [-0.1, -0.05) is 23.9 Å². The van der Waals surface area contributed by atoms with E-state index >= 15 is 0 Å². The molecule has 0 aliphatic rings. The number of rotatable bonds is 5. The standard InChI is InChI=1S/C19H14FN3O3S/c1-11-3-2-4-15-17(11)23-19(26-15)27-10-16-22-14(9-25-16)18(24)21-13-7-5-12(20)6-8-13/h2-9H,10H2,1H3,(H,21,24). The summed E-state index contributed by atoms with van der Waals surface area (Å²) < 4.78 is 23.9. The Balaban J connectivity index is 1.40. The molecule has 6 nitrogen and oxygen atoms in total. The zero-order valence-electron chi connectivity index (χ0n) is 14.2. The van der Waals surface area contributed by atoms with Crippen LogP contribution in [0.3, 0.4) is 0 Å². The smallest absolute Gasteiger partial charge is 0.277 e. The summed E-state index contributed by atoms with van der Waals surface area (Å²) in [6.45, 7) is 1.97. The molecule has 0 aliphatic carbocycles. The van der Waals surface area contributed by atoms with E-state index in [2.05, 4.69) is 15.3 Å². The number of fused-ring (bicyclic) bond motifs is 1. The fourth-order valence-corrected chi connectivity index (χ4v) is 3.14. The van der Waals surface area contributed by atoms with Gasteiger partial charge in [0, 0.05) is 5.69 Å². The minimum absolute atomic E-state index is 0.142. The Hall–Kier alpha value is -3.13. The van der Waals surface area contributed by atoms with Gasteiger partial charge in [0.1, 0.15) is 17.6 Å². The zero-order chi connectivity index (χ0) is 18.8. The summed E-state index contributed by atoms with van der Waals surface area (Å²) in [5.74, 6) is -0.0548. The summed E-state index contributed by atoms with van der Waals surface area (Å²) >= 11 is 1.33. The molecule has 0 saturated heterocycles. The van der Waals surface area contributed by atoms with Crippen molar-refractivity contribution in [1.82, 2.24) is 9.97 Å². The molecule has 1 N–H and O–H groups in total. The Morgan fingerprint density at radius 3 is 2.78 bits per heavy atom. The van der Waals surface area contributed by atoms with Gasteiger partial charge in [-0.05, 0) is 42.8 Å². The molecule has 0 atom stereocenters. The van der Waals surface area contributed by atoms with Crippen LogP contribution < -0.4 is 5.32 Å². The predicted octanol–water partition coefficient (Wildman–Crippen LogP) is 4.81. The van der Waals surface area contributed by atoms with E-state index in [1.807, 2.05) is 25.1 Å². The van der Waals surface area contributed by atoms with E-state index in [1.165, 1.54) is 42.3 Å². The minimum Gasteiger partial charge on any atom is -0.447 e. The van der Waals surface area contributed by atoms with Crippen LogP contribution in [0.4, 0.5) is 10.1 Å². The number of carbonyl (C=O) groups is 1. The Morgan fingerprint density at radius 1 is 1.19 bits per heavy atom. The molecule has 4 rings (SSSR count). The van der Waals surface area contributed by atoms with Crippen LogP contribution in [0.5, 0.6) is 0 Å². The summed E-state index contributed by atoms with van der Waals surface area (Å²) in [6.07, 6.45) is 1.28. The van der Waals surface area contributed by atoms with Gasteiger partial charge in [-0.25, -0.2) is 14.4 Å². The first-order valence-corrected chi connectivity index (χ1v) is 9.07. The van der Waals surface area contributed by atoms with E-state index in [-0.39, 0.29) is 11.5 Å². The van der Waals surface area contributed by atoms with Gasteiger partial charge < -0.3 is 14.2 Å². The molecule has 0 unspecified atom stereocenters. The molecule has 2 aromatic heterocycles. The van der Waals surface area contributed by atoms with Crippen molar-refractivity contribution < 1.29 is 18.0 Å². The topological polar surface area (TPSA) is 81.2 Å². The van der Waals surface area contributed by atoms with Gasteiger partial charge in [-0.3, -0.25) is 4.79 Å². The number of hydrogen-bond acceptors (Lipinski definition) is 6. The SMILES string of the molecule is Cc1cccc2oc(SCc3nc(C(=O)Nc4ccc(F)cc4)co3)nc12. The molecule has 4 aromatic rings. The number of oxazole rings is 2. The first-order chi connectivity index (χ1) is 13.1. The van der Waals surface area contributed by atoms with Gasteiger partial charge in [-0.2, -0.15) is 0 Å². The van der Waals surface area contributed by atoms with Crippen LogP contribution in [0.2, 0.25) is 0 Å². The lowest BCUT2D eigenvalue weighted by molar-refractivity contribution is 0.102. The average Bonchev–Trinajstić information content (AvgIpc) is 3.29. The Morgan fingerprint density at radius 2 is 2.00 bits per heavy atom. The van der Waals surface area contributed by atoms with Crippen molar-refractivity contribution in [3.8, 4) is 0 Å². The molecular weight excluding hydrogens is 369 g/mol. The van der Waals surface area contributed by atoms with Crippen LogP contribution in [0.15, 0.2) is 62.8 Å². The van der Waals surface area contributed by atoms with Gasteiger partial charge in [0.2, 0.25) is 5.89 Å². The van der Waals surface area contributed by atoms with Crippen molar-refractivity contribution in [2.75, 3.05) is 5.32 Å². The highest BCUT2D eigenvalue weighted by Gasteiger charge is 2.14. The third kappa shape index (κ3) is 3.85. The number of aromatic nitrogens is 2. The molecule has 0 radical (unpaired) electrons. The second-order valence-electron chi connectivity index (χ2n) is 5.78. The fourth-order valence-electron chi connectivity index (χ4n) is 2.46. The summed E-state index contributed by atoms with van der Waals surface area (Å²) in [7, 11) is 0. The number of thioether (sulfide) groups is 1. The second-order valence-corrected chi connectivity index (χ2v) is 6.70. The van der Waals surface area contributed by atoms with E-state index in [1.54, 1.807) is 0 Å². The lowest BCUT2D eigenvalue weighted by atomic mass is 10.2. The van der Waals surface area contributed by atoms with Crippen LogP contribution in [0.1, 0.15) is 21.9 Å². The molecule has 2 aromatic carbocycles. The number of nitrogens with one attached hydrogen (secondary N) is 1. The van der Waals surface area contributed by atoms with Gasteiger partial charge >= 0.3 is 0 Å². The van der Waals surface area contributed by atoms with Crippen molar-refractivity contribution in [1.29, 1.82) is 0 Å². The number of nitrogens with zero attached hydrogens (tertiary/aromatic N) is 2. The van der Waals surface area contributed by atoms with Crippen LogP contribution in [0, 0.1) is 12.7 Å². The highest BCUT2D eigenvalue weighted by molar-refractivity contribution is 7.98. The predicted molar refractivity (Wildman–Crippen MR) is 99.2 cm³/mol. The zero-order valence-corrected chi connectivity index (χ0v) is 15.0. The molecule has 0 fully saturated rings. The van der Waals surface area contributed by atoms with E-state index in [0.29, 0.717) is 22.6 Å². The first-order valence-electron chi connectivity index (χ1n) is 8.09. The molecule has 2 heterocycles. The number of benzene rings is 2. The number of amides is 1. The lowest BCUT2D eigenvalue weighted by Gasteiger charge is -2.01. The molecule has 0 bridgehead atoms. The van der Waals surface area contributed by atoms with Crippen molar-refractivity contribution in [3.05, 3.63) is 71.7 Å². The monoisotopic (exact) mass is 383 g/mol. The maximum atomic E-state index is 12.9. The van der Waals surface area contributed by atoms with Gasteiger partial charge in [0.25, 0.3) is 11.1 Å². The molecule has 0 saturated carbocycles. The third-order valence-corrected chi connectivity index (χ3v) is 4.62. The average molecular weight is 383 g/mol. The molecule has 27 heavy (non-hydrogen) atoms. The normalized spacial score (nSPS) is 11.0. The van der Waals surface area contributed by atoms with Crippen LogP contribution >= 0.6 is 11.8 Å².